The van der Waals surface area contributed by atoms with Gasteiger partial charge in [0.15, 0.2) is 11.6 Å². The normalized spacial score (nSPS) is 12.3. The van der Waals surface area contributed by atoms with Gasteiger partial charge in [-0.2, -0.15) is 0 Å². The highest BCUT2D eigenvalue weighted by atomic mass is 19.1. The van der Waals surface area contributed by atoms with Gasteiger partial charge in [0, 0.05) is 6.07 Å². The zero-order chi connectivity index (χ0) is 14.0. The number of aliphatic hydroxyl groups excluding tert-OH is 1. The molecule has 0 aromatic heterocycles. The van der Waals surface area contributed by atoms with Crippen molar-refractivity contribution in [1.29, 1.82) is 0 Å². The largest absolute Gasteiger partial charge is 0.454 e. The first kappa shape index (κ1) is 13.5. The van der Waals surface area contributed by atoms with Crippen molar-refractivity contribution in [2.45, 2.75) is 20.0 Å². The summed E-state index contributed by atoms with van der Waals surface area (Å²) in [5.41, 5.74) is 0.956. The molecule has 2 nitrogen and oxygen atoms in total. The molecule has 2 aromatic rings. The van der Waals surface area contributed by atoms with Crippen molar-refractivity contribution >= 4 is 0 Å². The second kappa shape index (κ2) is 5.36. The van der Waals surface area contributed by atoms with Gasteiger partial charge in [0.05, 0.1) is 6.10 Å². The van der Waals surface area contributed by atoms with E-state index in [0.717, 1.165) is 0 Å². The van der Waals surface area contributed by atoms with Crippen molar-refractivity contribution in [3.63, 3.8) is 0 Å². The summed E-state index contributed by atoms with van der Waals surface area (Å²) in [5, 5.41) is 9.34. The smallest absolute Gasteiger partial charge is 0.166 e. The van der Waals surface area contributed by atoms with E-state index in [9.17, 15) is 13.9 Å². The zero-order valence-corrected chi connectivity index (χ0v) is 10.7. The molecule has 4 heteroatoms. The fourth-order valence-corrected chi connectivity index (χ4v) is 1.62. The lowest BCUT2D eigenvalue weighted by molar-refractivity contribution is 0.198. The highest BCUT2D eigenvalue weighted by Gasteiger charge is 2.09. The van der Waals surface area contributed by atoms with Crippen LogP contribution in [0.5, 0.6) is 11.5 Å². The summed E-state index contributed by atoms with van der Waals surface area (Å²) >= 11 is 0. The van der Waals surface area contributed by atoms with Gasteiger partial charge in [0.25, 0.3) is 0 Å². The van der Waals surface area contributed by atoms with E-state index in [1.165, 1.54) is 18.2 Å². The Kier molecular flexibility index (Phi) is 3.81. The number of rotatable bonds is 3. The number of aliphatic hydroxyl groups is 1. The second-order valence-electron chi connectivity index (χ2n) is 4.38. The van der Waals surface area contributed by atoms with Crippen molar-refractivity contribution in [2.24, 2.45) is 0 Å². The molecule has 100 valence electrons. The number of halogens is 2. The topological polar surface area (TPSA) is 29.5 Å². The molecule has 19 heavy (non-hydrogen) atoms. The molecule has 0 saturated heterocycles. The Morgan fingerprint density at radius 1 is 1.05 bits per heavy atom. The van der Waals surface area contributed by atoms with Crippen LogP contribution in [0.3, 0.4) is 0 Å². The van der Waals surface area contributed by atoms with Crippen LogP contribution >= 0.6 is 0 Å². The zero-order valence-electron chi connectivity index (χ0n) is 10.7. The van der Waals surface area contributed by atoms with Crippen molar-refractivity contribution in [3.05, 3.63) is 59.2 Å². The fourth-order valence-electron chi connectivity index (χ4n) is 1.62. The number of ether oxygens (including phenoxy) is 1. The van der Waals surface area contributed by atoms with Gasteiger partial charge in [-0.1, -0.05) is 12.1 Å². The van der Waals surface area contributed by atoms with Crippen molar-refractivity contribution in [2.75, 3.05) is 0 Å². The van der Waals surface area contributed by atoms with Crippen molar-refractivity contribution in [1.82, 2.24) is 0 Å². The third-order valence-electron chi connectivity index (χ3n) is 2.81. The molecule has 0 aliphatic heterocycles. The maximum atomic E-state index is 13.7. The van der Waals surface area contributed by atoms with Gasteiger partial charge in [-0.15, -0.1) is 0 Å². The molecule has 0 spiro atoms. The summed E-state index contributed by atoms with van der Waals surface area (Å²) in [5.74, 6) is -0.780. The van der Waals surface area contributed by atoms with Crippen LogP contribution < -0.4 is 4.74 Å². The molecular weight excluding hydrogens is 250 g/mol. The van der Waals surface area contributed by atoms with E-state index in [2.05, 4.69) is 0 Å². The van der Waals surface area contributed by atoms with Crippen molar-refractivity contribution in [3.8, 4) is 11.5 Å². The summed E-state index contributed by atoms with van der Waals surface area (Å²) < 4.78 is 32.4. The van der Waals surface area contributed by atoms with Gasteiger partial charge in [0.2, 0.25) is 0 Å². The molecule has 0 saturated carbocycles. The van der Waals surface area contributed by atoms with Gasteiger partial charge >= 0.3 is 0 Å². The van der Waals surface area contributed by atoms with Gasteiger partial charge in [-0.25, -0.2) is 8.78 Å². The van der Waals surface area contributed by atoms with Crippen LogP contribution in [0, 0.1) is 18.6 Å². The minimum atomic E-state index is -0.750. The average molecular weight is 264 g/mol. The molecule has 0 bridgehead atoms. The monoisotopic (exact) mass is 264 g/mol. The molecule has 0 aliphatic rings. The average Bonchev–Trinajstić information content (AvgIpc) is 2.36. The number of benzene rings is 2. The molecule has 1 N–H and O–H groups in total. The van der Waals surface area contributed by atoms with Crippen LogP contribution in [0.25, 0.3) is 0 Å². The van der Waals surface area contributed by atoms with Crippen molar-refractivity contribution < 1.29 is 18.6 Å². The lowest BCUT2D eigenvalue weighted by Crippen LogP contribution is -1.95. The predicted octanol–water partition coefficient (Wildman–Crippen LogP) is 4.12. The highest BCUT2D eigenvalue weighted by molar-refractivity contribution is 5.36. The maximum absolute atomic E-state index is 13.7. The van der Waals surface area contributed by atoms with E-state index in [-0.39, 0.29) is 11.5 Å². The lowest BCUT2D eigenvalue weighted by Gasteiger charge is -2.10. The highest BCUT2D eigenvalue weighted by Crippen LogP contribution is 2.27. The minimum Gasteiger partial charge on any atom is -0.454 e. The molecule has 0 amide bonds. The van der Waals surface area contributed by atoms with Gasteiger partial charge in [0.1, 0.15) is 11.6 Å². The molecule has 0 fully saturated rings. The second-order valence-corrected chi connectivity index (χ2v) is 4.38. The van der Waals surface area contributed by atoms with Gasteiger partial charge in [-0.3, -0.25) is 0 Å². The SMILES string of the molecule is Cc1ccc(Oc2ccc([C@H](C)O)cc2F)cc1F. The van der Waals surface area contributed by atoms with Crippen LogP contribution in [0.2, 0.25) is 0 Å². The first-order chi connectivity index (χ1) is 8.97. The third-order valence-corrected chi connectivity index (χ3v) is 2.81. The Hall–Kier alpha value is -1.94. The van der Waals surface area contributed by atoms with Crippen LogP contribution in [0.15, 0.2) is 36.4 Å². The standard InChI is InChI=1S/C15H14F2O2/c1-9-3-5-12(8-13(9)16)19-15-6-4-11(10(2)18)7-14(15)17/h3-8,10,18H,1-2H3/t10-/m0/s1. The summed E-state index contributed by atoms with van der Waals surface area (Å²) in [6, 6.07) is 8.51. The molecule has 2 aromatic carbocycles. The van der Waals surface area contributed by atoms with Gasteiger partial charge in [-0.05, 0) is 43.2 Å². The number of hydrogen-bond acceptors (Lipinski definition) is 2. The Morgan fingerprint density at radius 2 is 1.79 bits per heavy atom. The van der Waals surface area contributed by atoms with Gasteiger partial charge < -0.3 is 9.84 Å². The van der Waals surface area contributed by atoms with E-state index in [0.29, 0.717) is 11.1 Å². The van der Waals surface area contributed by atoms with Crippen LogP contribution in [0.4, 0.5) is 8.78 Å². The Bertz CT molecular complexity index is 595. The minimum absolute atomic E-state index is 0.00680. The number of hydrogen-bond donors (Lipinski definition) is 1. The van der Waals surface area contributed by atoms with E-state index in [1.54, 1.807) is 32.0 Å². The quantitative estimate of drug-likeness (QED) is 0.903. The molecule has 0 heterocycles. The van der Waals surface area contributed by atoms with Crippen LogP contribution in [-0.4, -0.2) is 5.11 Å². The van der Waals surface area contributed by atoms with E-state index in [4.69, 9.17) is 4.74 Å². The van der Waals surface area contributed by atoms with E-state index in [1.807, 2.05) is 0 Å². The molecular formula is C15H14F2O2. The Balaban J connectivity index is 2.25. The van der Waals surface area contributed by atoms with Crippen LogP contribution in [0.1, 0.15) is 24.2 Å². The first-order valence-electron chi connectivity index (χ1n) is 5.89. The summed E-state index contributed by atoms with van der Waals surface area (Å²) in [7, 11) is 0. The Labute approximate surface area is 110 Å². The lowest BCUT2D eigenvalue weighted by atomic mass is 10.1. The van der Waals surface area contributed by atoms with E-state index >= 15 is 0 Å². The molecule has 0 aliphatic carbocycles. The fraction of sp³-hybridized carbons (Fsp3) is 0.200. The summed E-state index contributed by atoms with van der Waals surface area (Å²) in [4.78, 5) is 0. The summed E-state index contributed by atoms with van der Waals surface area (Å²) in [6.45, 7) is 3.18. The van der Waals surface area contributed by atoms with E-state index < -0.39 is 17.7 Å². The molecule has 0 radical (unpaired) electrons. The first-order valence-corrected chi connectivity index (χ1v) is 5.89. The third kappa shape index (κ3) is 3.09. The summed E-state index contributed by atoms with van der Waals surface area (Å²) in [6.07, 6.45) is -0.750. The predicted molar refractivity (Wildman–Crippen MR) is 68.2 cm³/mol. The van der Waals surface area contributed by atoms with Crippen LogP contribution in [-0.2, 0) is 0 Å². The molecule has 0 unspecified atom stereocenters. The maximum Gasteiger partial charge on any atom is 0.166 e. The molecule has 1 atom stereocenters. The Morgan fingerprint density at radius 3 is 2.37 bits per heavy atom. The number of aryl methyl sites for hydroxylation is 1. The molecule has 2 rings (SSSR count).